The topological polar surface area (TPSA) is 188 Å². The van der Waals surface area contributed by atoms with Crippen molar-refractivity contribution in [3.05, 3.63) is 35.9 Å². The highest BCUT2D eigenvalue weighted by atomic mass is 32.2. The van der Waals surface area contributed by atoms with Crippen LogP contribution in [0.1, 0.15) is 18.4 Å². The number of carboxylic acids is 2. The summed E-state index contributed by atoms with van der Waals surface area (Å²) < 4.78 is 0. The molecule has 0 aliphatic rings. The highest BCUT2D eigenvalue weighted by Gasteiger charge is 2.24. The van der Waals surface area contributed by atoms with Crippen LogP contribution in [0.2, 0.25) is 0 Å². The second-order valence-electron chi connectivity index (χ2n) is 6.17. The number of thioether (sulfide) groups is 1. The van der Waals surface area contributed by atoms with Crippen LogP contribution in [0.3, 0.4) is 0 Å². The molecule has 0 unspecified atom stereocenters. The second kappa shape index (κ2) is 13.0. The van der Waals surface area contributed by atoms with Crippen molar-refractivity contribution in [3.63, 3.8) is 0 Å². The number of primary amides is 1. The maximum atomic E-state index is 12.2. The molecular formula is C18H24N4O7S. The molecule has 1 aromatic rings. The van der Waals surface area contributed by atoms with Gasteiger partial charge in [-0.1, -0.05) is 30.3 Å². The molecule has 0 saturated heterocycles. The van der Waals surface area contributed by atoms with Crippen molar-refractivity contribution < 1.29 is 34.2 Å². The van der Waals surface area contributed by atoms with Gasteiger partial charge in [-0.05, 0) is 12.0 Å². The van der Waals surface area contributed by atoms with E-state index in [0.29, 0.717) is 5.75 Å². The molecule has 0 aliphatic carbocycles. The Morgan fingerprint density at radius 1 is 1.00 bits per heavy atom. The minimum atomic E-state index is -1.35. The number of carbonyl (C=O) groups excluding carboxylic acids is 3. The van der Waals surface area contributed by atoms with E-state index in [1.165, 1.54) is 11.8 Å². The zero-order chi connectivity index (χ0) is 22.5. The number of nitrogens with two attached hydrogens (primary N) is 1. The molecule has 12 heteroatoms. The van der Waals surface area contributed by atoms with Gasteiger partial charge in [-0.3, -0.25) is 14.4 Å². The van der Waals surface area contributed by atoms with Crippen LogP contribution in [-0.4, -0.2) is 64.4 Å². The fraction of sp³-hybridized carbons (Fsp3) is 0.389. The number of amides is 4. The Bertz CT molecular complexity index is 760. The van der Waals surface area contributed by atoms with Gasteiger partial charge in [0.1, 0.15) is 18.6 Å². The highest BCUT2D eigenvalue weighted by molar-refractivity contribution is 7.98. The van der Waals surface area contributed by atoms with Crippen LogP contribution < -0.4 is 21.7 Å². The number of hydrogen-bond donors (Lipinski definition) is 6. The van der Waals surface area contributed by atoms with Crippen molar-refractivity contribution in [3.8, 4) is 0 Å². The van der Waals surface area contributed by atoms with Crippen LogP contribution in [0.15, 0.2) is 30.3 Å². The molecule has 0 aliphatic heterocycles. The van der Waals surface area contributed by atoms with Crippen molar-refractivity contribution in [2.24, 2.45) is 5.73 Å². The van der Waals surface area contributed by atoms with E-state index in [0.717, 1.165) is 5.56 Å². The number of urea groups is 1. The minimum absolute atomic E-state index is 0.175. The lowest BCUT2D eigenvalue weighted by molar-refractivity contribution is -0.139. The molecule has 30 heavy (non-hydrogen) atoms. The van der Waals surface area contributed by atoms with Gasteiger partial charge in [0.05, 0.1) is 0 Å². The van der Waals surface area contributed by atoms with E-state index in [2.05, 4.69) is 10.6 Å². The first-order valence-corrected chi connectivity index (χ1v) is 10.0. The molecule has 2 atom stereocenters. The Morgan fingerprint density at radius 2 is 1.67 bits per heavy atom. The van der Waals surface area contributed by atoms with Crippen molar-refractivity contribution in [2.45, 2.75) is 30.7 Å². The fourth-order valence-electron chi connectivity index (χ4n) is 2.31. The lowest BCUT2D eigenvalue weighted by atomic mass is 10.1. The summed E-state index contributed by atoms with van der Waals surface area (Å²) in [4.78, 5) is 57.0. The van der Waals surface area contributed by atoms with Crippen LogP contribution in [0.25, 0.3) is 0 Å². The summed E-state index contributed by atoms with van der Waals surface area (Å²) in [7, 11) is 0. The number of nitrogens with one attached hydrogen (secondary N) is 3. The fourth-order valence-corrected chi connectivity index (χ4v) is 3.33. The first-order valence-electron chi connectivity index (χ1n) is 8.88. The summed E-state index contributed by atoms with van der Waals surface area (Å²) in [5, 5.41) is 24.4. The van der Waals surface area contributed by atoms with Gasteiger partial charge in [0.25, 0.3) is 0 Å². The third-order valence-electron chi connectivity index (χ3n) is 3.74. The van der Waals surface area contributed by atoms with Crippen molar-refractivity contribution in [1.29, 1.82) is 0 Å². The number of aliphatic carboxylic acids is 2. The molecule has 164 valence electrons. The third kappa shape index (κ3) is 10.3. The van der Waals surface area contributed by atoms with Gasteiger partial charge in [-0.2, -0.15) is 11.8 Å². The van der Waals surface area contributed by atoms with Gasteiger partial charge in [0.15, 0.2) is 0 Å². The monoisotopic (exact) mass is 440 g/mol. The van der Waals surface area contributed by atoms with Crippen LogP contribution in [0.5, 0.6) is 0 Å². The summed E-state index contributed by atoms with van der Waals surface area (Å²) in [5.41, 5.74) is 5.92. The molecule has 1 aromatic carbocycles. The molecule has 0 spiro atoms. The molecule has 0 fully saturated rings. The average Bonchev–Trinajstić information content (AvgIpc) is 2.68. The Labute approximate surface area is 176 Å². The standard InChI is InChI=1S/C18H24N4O7S/c19-18(29)22-12(17(27)28)6-7-14(23)21-13(16(26)20-8-15(24)25)10-30-9-11-4-2-1-3-5-11/h1-5,12-13H,6-10H2,(H,20,26)(H,21,23)(H,24,25)(H,27,28)(H3,19,22,29)/t12-,13-/m0/s1. The quantitative estimate of drug-likeness (QED) is 0.237. The molecule has 7 N–H and O–H groups in total. The number of carbonyl (C=O) groups is 5. The van der Waals surface area contributed by atoms with E-state index in [1.807, 2.05) is 35.6 Å². The summed E-state index contributed by atoms with van der Waals surface area (Å²) in [5.74, 6) is -3.13. The molecule has 1 rings (SSSR count). The van der Waals surface area contributed by atoms with Crippen molar-refractivity contribution in [1.82, 2.24) is 16.0 Å². The highest BCUT2D eigenvalue weighted by Crippen LogP contribution is 2.13. The number of benzene rings is 1. The van der Waals surface area contributed by atoms with Crippen molar-refractivity contribution in [2.75, 3.05) is 12.3 Å². The number of carboxylic acid groups (broad SMARTS) is 2. The predicted molar refractivity (Wildman–Crippen MR) is 109 cm³/mol. The Balaban J connectivity index is 2.64. The van der Waals surface area contributed by atoms with Gasteiger partial charge in [0.2, 0.25) is 11.8 Å². The van der Waals surface area contributed by atoms with Crippen LogP contribution in [0.4, 0.5) is 4.79 Å². The van der Waals surface area contributed by atoms with Gasteiger partial charge in [-0.15, -0.1) is 0 Å². The van der Waals surface area contributed by atoms with Gasteiger partial charge < -0.3 is 31.9 Å². The van der Waals surface area contributed by atoms with Crippen LogP contribution in [0, 0.1) is 0 Å². The summed E-state index contributed by atoms with van der Waals surface area (Å²) in [6.45, 7) is -0.599. The second-order valence-corrected chi connectivity index (χ2v) is 7.20. The average molecular weight is 440 g/mol. The SMILES string of the molecule is NC(=O)N[C@@H](CCC(=O)N[C@@H](CSCc1ccccc1)C(=O)NCC(=O)O)C(=O)O. The molecule has 0 heterocycles. The van der Waals surface area contributed by atoms with Crippen LogP contribution in [-0.2, 0) is 24.9 Å². The lowest BCUT2D eigenvalue weighted by Crippen LogP contribution is -2.50. The summed E-state index contributed by atoms with van der Waals surface area (Å²) in [6.07, 6.45) is -0.520. The molecule has 0 bridgehead atoms. The van der Waals surface area contributed by atoms with E-state index < -0.39 is 48.4 Å². The van der Waals surface area contributed by atoms with Gasteiger partial charge in [0, 0.05) is 17.9 Å². The zero-order valence-electron chi connectivity index (χ0n) is 16.0. The molecule has 0 aromatic heterocycles. The first-order chi connectivity index (χ1) is 14.2. The van der Waals surface area contributed by atoms with E-state index in [9.17, 15) is 24.0 Å². The molecule has 4 amide bonds. The largest absolute Gasteiger partial charge is 0.480 e. The molecule has 0 saturated carbocycles. The number of rotatable bonds is 13. The lowest BCUT2D eigenvalue weighted by Gasteiger charge is -2.19. The van der Waals surface area contributed by atoms with Gasteiger partial charge in [-0.25, -0.2) is 9.59 Å². The van der Waals surface area contributed by atoms with Crippen LogP contribution >= 0.6 is 11.8 Å². The zero-order valence-corrected chi connectivity index (χ0v) is 16.8. The Hall–Kier alpha value is -3.28. The first kappa shape index (κ1) is 24.8. The maximum absolute atomic E-state index is 12.2. The smallest absolute Gasteiger partial charge is 0.326 e. The van der Waals surface area contributed by atoms with E-state index >= 15 is 0 Å². The molecule has 11 nitrogen and oxygen atoms in total. The minimum Gasteiger partial charge on any atom is -0.480 e. The molecular weight excluding hydrogens is 416 g/mol. The van der Waals surface area contributed by atoms with E-state index in [4.69, 9.17) is 15.9 Å². The van der Waals surface area contributed by atoms with E-state index in [-0.39, 0.29) is 18.6 Å². The Kier molecular flexibility index (Phi) is 10.8. The van der Waals surface area contributed by atoms with E-state index in [1.54, 1.807) is 0 Å². The predicted octanol–water partition coefficient (Wildman–Crippen LogP) is -0.493. The maximum Gasteiger partial charge on any atom is 0.326 e. The number of hydrogen-bond acceptors (Lipinski definition) is 6. The van der Waals surface area contributed by atoms with Crippen molar-refractivity contribution >= 4 is 41.5 Å². The Morgan fingerprint density at radius 3 is 2.23 bits per heavy atom. The molecule has 0 radical (unpaired) electrons. The third-order valence-corrected chi connectivity index (χ3v) is 4.84. The van der Waals surface area contributed by atoms with Gasteiger partial charge >= 0.3 is 18.0 Å². The normalized spacial score (nSPS) is 12.3. The summed E-state index contributed by atoms with van der Waals surface area (Å²) >= 11 is 1.37. The summed E-state index contributed by atoms with van der Waals surface area (Å²) in [6, 6.07) is 6.02.